The summed E-state index contributed by atoms with van der Waals surface area (Å²) in [7, 11) is 2.60. The number of rotatable bonds is 9. The average Bonchev–Trinajstić information content (AvgIpc) is 2.72. The molecule has 0 aliphatic carbocycles. The lowest BCUT2D eigenvalue weighted by molar-refractivity contribution is 0.0682. The summed E-state index contributed by atoms with van der Waals surface area (Å²) in [5.41, 5.74) is 9.33. The number of halogens is 2. The maximum absolute atomic E-state index is 11.7. The number of azide groups is 1. The number of methoxy groups -OCH3 is 2. The number of carboxylic acids is 2. The fourth-order valence-corrected chi connectivity index (χ4v) is 3.54. The third-order valence-corrected chi connectivity index (χ3v) is 4.78. The van der Waals surface area contributed by atoms with Gasteiger partial charge in [0.25, 0.3) is 0 Å². The first-order valence-electron chi connectivity index (χ1n) is 8.68. The molecule has 2 aromatic rings. The smallest absolute Gasteiger partial charge is 0.339 e. The molecule has 0 aliphatic rings. The predicted molar refractivity (Wildman–Crippen MR) is 116 cm³/mol. The molecule has 2 aromatic carbocycles. The Labute approximate surface area is 187 Å². The van der Waals surface area contributed by atoms with Gasteiger partial charge in [-0.3, -0.25) is 0 Å². The van der Waals surface area contributed by atoms with Crippen molar-refractivity contribution in [2.45, 2.75) is 6.42 Å². The summed E-state index contributed by atoms with van der Waals surface area (Å²) in [5.74, 6) is -2.53. The number of carboxylic acid groups (broad SMARTS) is 2. The van der Waals surface area contributed by atoms with Crippen molar-refractivity contribution >= 4 is 40.7 Å². The molecule has 0 aliphatic heterocycles. The molecule has 2 rings (SSSR count). The summed E-state index contributed by atoms with van der Waals surface area (Å²) in [4.78, 5) is 26.1. The van der Waals surface area contributed by atoms with E-state index in [0.29, 0.717) is 16.7 Å². The summed E-state index contributed by atoms with van der Waals surface area (Å²) >= 11 is 12.5. The molecule has 9 nitrogen and oxygen atoms in total. The first kappa shape index (κ1) is 23.9. The zero-order valence-corrected chi connectivity index (χ0v) is 17.9. The van der Waals surface area contributed by atoms with Crippen molar-refractivity contribution in [3.63, 3.8) is 0 Å². The summed E-state index contributed by atoms with van der Waals surface area (Å²) in [6.45, 7) is 0.130. The average molecular weight is 466 g/mol. The summed E-state index contributed by atoms with van der Waals surface area (Å²) in [6.07, 6.45) is 1.96. The van der Waals surface area contributed by atoms with Crippen LogP contribution in [0.25, 0.3) is 16.0 Å². The zero-order chi connectivity index (χ0) is 23.1. The van der Waals surface area contributed by atoms with E-state index in [0.717, 1.165) is 0 Å². The minimum absolute atomic E-state index is 0.00895. The third kappa shape index (κ3) is 5.40. The van der Waals surface area contributed by atoms with E-state index in [1.54, 1.807) is 6.08 Å². The Morgan fingerprint density at radius 3 is 1.81 bits per heavy atom. The maximum Gasteiger partial charge on any atom is 0.339 e. The molecular weight excluding hydrogens is 449 g/mol. The quantitative estimate of drug-likeness (QED) is 0.215. The minimum Gasteiger partial charge on any atom is -0.494 e. The van der Waals surface area contributed by atoms with Crippen molar-refractivity contribution in [3.05, 3.63) is 73.1 Å². The molecule has 2 N–H and O–H groups in total. The Morgan fingerprint density at radius 1 is 1.00 bits per heavy atom. The van der Waals surface area contributed by atoms with Gasteiger partial charge >= 0.3 is 11.9 Å². The fourth-order valence-electron chi connectivity index (χ4n) is 2.94. The molecule has 0 saturated carbocycles. The minimum atomic E-state index is -1.26. The highest BCUT2D eigenvalue weighted by Gasteiger charge is 2.21. The molecule has 0 bridgehead atoms. The van der Waals surface area contributed by atoms with Gasteiger partial charge in [-0.1, -0.05) is 34.4 Å². The van der Waals surface area contributed by atoms with Crippen LogP contribution in [0.2, 0.25) is 10.0 Å². The molecule has 0 heterocycles. The molecule has 11 heteroatoms. The van der Waals surface area contributed by atoms with Gasteiger partial charge in [0.1, 0.15) is 11.1 Å². The lowest BCUT2D eigenvalue weighted by Crippen LogP contribution is -2.05. The summed E-state index contributed by atoms with van der Waals surface area (Å²) in [5, 5.41) is 22.7. The van der Waals surface area contributed by atoms with Gasteiger partial charge in [-0.25, -0.2) is 9.59 Å². The lowest BCUT2D eigenvalue weighted by Gasteiger charge is -2.16. The number of hydrogen-bond acceptors (Lipinski definition) is 5. The second-order valence-electron chi connectivity index (χ2n) is 6.05. The highest BCUT2D eigenvalue weighted by molar-refractivity contribution is 6.33. The molecule has 162 valence electrons. The van der Waals surface area contributed by atoms with Gasteiger partial charge in [0, 0.05) is 11.5 Å². The summed E-state index contributed by atoms with van der Waals surface area (Å²) < 4.78 is 10.2. The number of nitrogens with zero attached hydrogens (tertiary/aromatic N) is 3. The van der Waals surface area contributed by atoms with Crippen molar-refractivity contribution < 1.29 is 29.3 Å². The predicted octanol–water partition coefficient (Wildman–Crippen LogP) is 5.54. The van der Waals surface area contributed by atoms with Crippen molar-refractivity contribution in [2.24, 2.45) is 5.11 Å². The first-order chi connectivity index (χ1) is 14.7. The van der Waals surface area contributed by atoms with Crippen LogP contribution < -0.4 is 9.47 Å². The highest BCUT2D eigenvalue weighted by atomic mass is 35.5. The second kappa shape index (κ2) is 10.6. The van der Waals surface area contributed by atoms with Gasteiger partial charge in [-0.05, 0) is 52.9 Å². The van der Waals surface area contributed by atoms with Crippen LogP contribution in [0.5, 0.6) is 11.5 Å². The molecule has 0 unspecified atom stereocenters. The Kier molecular flexibility index (Phi) is 8.15. The maximum atomic E-state index is 11.7. The van der Waals surface area contributed by atoms with E-state index in [9.17, 15) is 19.8 Å². The Hall–Kier alpha value is -3.39. The van der Waals surface area contributed by atoms with E-state index in [-0.39, 0.29) is 45.6 Å². The highest BCUT2D eigenvalue weighted by Crippen LogP contribution is 2.38. The molecule has 0 aromatic heterocycles. The van der Waals surface area contributed by atoms with Crippen molar-refractivity contribution in [3.8, 4) is 11.5 Å². The van der Waals surface area contributed by atoms with Crippen molar-refractivity contribution in [1.29, 1.82) is 0 Å². The van der Waals surface area contributed by atoms with E-state index in [4.69, 9.17) is 38.2 Å². The molecule has 0 saturated heterocycles. The number of ether oxygens (including phenoxy) is 2. The zero-order valence-electron chi connectivity index (χ0n) is 16.4. The van der Waals surface area contributed by atoms with Gasteiger partial charge in [-0.2, -0.15) is 0 Å². The standard InChI is InChI=1S/C20H17Cl2N3O6/c1-30-17-13(19(26)27)6-10(8-15(17)21)12(4-3-5-24-25-23)11-7-14(20(28)29)18(31-2)16(22)9-11/h4,6-9H,3,5H2,1-2H3,(H,26,27)(H,28,29). The van der Waals surface area contributed by atoms with Gasteiger partial charge in [0.2, 0.25) is 0 Å². The SMILES string of the molecule is COc1c(Cl)cc(C(=CCCN=[N+]=[N-])c2cc(Cl)c(OC)c(C(=O)O)c2)cc1C(=O)O. The van der Waals surface area contributed by atoms with E-state index < -0.39 is 11.9 Å². The van der Waals surface area contributed by atoms with Crippen LogP contribution in [-0.4, -0.2) is 42.9 Å². The molecule has 0 spiro atoms. The van der Waals surface area contributed by atoms with Crippen LogP contribution >= 0.6 is 23.2 Å². The monoisotopic (exact) mass is 465 g/mol. The Balaban J connectivity index is 2.78. The van der Waals surface area contributed by atoms with Crippen molar-refractivity contribution in [1.82, 2.24) is 0 Å². The van der Waals surface area contributed by atoms with Crippen LogP contribution in [-0.2, 0) is 0 Å². The van der Waals surface area contributed by atoms with Crippen LogP contribution in [0, 0.1) is 0 Å². The van der Waals surface area contributed by atoms with E-state index in [2.05, 4.69) is 10.0 Å². The summed E-state index contributed by atoms with van der Waals surface area (Å²) in [6, 6.07) is 5.69. The van der Waals surface area contributed by atoms with Gasteiger partial charge < -0.3 is 19.7 Å². The molecule has 0 fully saturated rings. The molecule has 31 heavy (non-hydrogen) atoms. The van der Waals surface area contributed by atoms with Gasteiger partial charge in [0.15, 0.2) is 11.5 Å². The van der Waals surface area contributed by atoms with Crippen LogP contribution in [0.4, 0.5) is 0 Å². The third-order valence-electron chi connectivity index (χ3n) is 4.22. The molecular formula is C20H17Cl2N3O6. The van der Waals surface area contributed by atoms with E-state index in [1.807, 2.05) is 0 Å². The van der Waals surface area contributed by atoms with Crippen LogP contribution in [0.15, 0.2) is 35.5 Å². The van der Waals surface area contributed by atoms with Crippen LogP contribution in [0.3, 0.4) is 0 Å². The normalized spacial score (nSPS) is 10.1. The van der Waals surface area contributed by atoms with Gasteiger partial charge in [-0.15, -0.1) is 0 Å². The second-order valence-corrected chi connectivity index (χ2v) is 6.86. The van der Waals surface area contributed by atoms with Crippen LogP contribution in [0.1, 0.15) is 38.3 Å². The lowest BCUT2D eigenvalue weighted by atomic mass is 9.93. The number of hydrogen-bond donors (Lipinski definition) is 2. The van der Waals surface area contributed by atoms with E-state index >= 15 is 0 Å². The number of benzene rings is 2. The number of aromatic carboxylic acids is 2. The molecule has 0 atom stereocenters. The Morgan fingerprint density at radius 2 is 1.45 bits per heavy atom. The van der Waals surface area contributed by atoms with Crippen molar-refractivity contribution in [2.75, 3.05) is 20.8 Å². The first-order valence-corrected chi connectivity index (χ1v) is 9.44. The molecule has 0 radical (unpaired) electrons. The fraction of sp³-hybridized carbons (Fsp3) is 0.200. The van der Waals surface area contributed by atoms with E-state index in [1.165, 1.54) is 38.5 Å². The molecule has 0 amide bonds. The van der Waals surface area contributed by atoms with Gasteiger partial charge in [0.05, 0.1) is 24.3 Å². The topological polar surface area (TPSA) is 142 Å². The Bertz CT molecular complexity index is 1040. The number of carbonyl (C=O) groups is 2. The largest absolute Gasteiger partial charge is 0.494 e.